The van der Waals surface area contributed by atoms with E-state index in [4.69, 9.17) is 5.73 Å². The van der Waals surface area contributed by atoms with Crippen LogP contribution in [0.3, 0.4) is 0 Å². The standard InChI is InChI=1S/C15H21IN2O/c16-12-6-5-7-13(10-12)18-14(19)15(11-17)8-3-1-2-4-9-15/h5-7,10H,1-4,8-9,11,17H2,(H,18,19). The van der Waals surface area contributed by atoms with Crippen LogP contribution in [-0.4, -0.2) is 12.5 Å². The monoisotopic (exact) mass is 372 g/mol. The van der Waals surface area contributed by atoms with Crippen molar-refractivity contribution < 1.29 is 4.79 Å². The molecule has 1 fully saturated rings. The van der Waals surface area contributed by atoms with Crippen LogP contribution >= 0.6 is 22.6 Å². The van der Waals surface area contributed by atoms with E-state index in [1.54, 1.807) is 0 Å². The maximum Gasteiger partial charge on any atom is 0.231 e. The van der Waals surface area contributed by atoms with E-state index < -0.39 is 0 Å². The average molecular weight is 372 g/mol. The molecule has 3 N–H and O–H groups in total. The predicted molar refractivity (Wildman–Crippen MR) is 87.0 cm³/mol. The molecule has 1 aromatic carbocycles. The number of hydrogen-bond acceptors (Lipinski definition) is 2. The van der Waals surface area contributed by atoms with Gasteiger partial charge in [0.1, 0.15) is 0 Å². The second-order valence-electron chi connectivity index (χ2n) is 5.36. The summed E-state index contributed by atoms with van der Waals surface area (Å²) < 4.78 is 1.12. The summed E-state index contributed by atoms with van der Waals surface area (Å²) in [4.78, 5) is 12.6. The number of nitrogens with two attached hydrogens (primary N) is 1. The molecule has 1 amide bonds. The van der Waals surface area contributed by atoms with E-state index in [9.17, 15) is 4.79 Å². The van der Waals surface area contributed by atoms with Gasteiger partial charge in [0.25, 0.3) is 0 Å². The third-order valence-corrected chi connectivity index (χ3v) is 4.69. The Balaban J connectivity index is 2.12. The summed E-state index contributed by atoms with van der Waals surface area (Å²) in [7, 11) is 0. The fraction of sp³-hybridized carbons (Fsp3) is 0.533. The molecule has 4 heteroatoms. The van der Waals surface area contributed by atoms with Crippen LogP contribution in [0, 0.1) is 8.99 Å². The predicted octanol–water partition coefficient (Wildman–Crippen LogP) is 3.53. The molecule has 0 aromatic heterocycles. The van der Waals surface area contributed by atoms with E-state index in [0.29, 0.717) is 6.54 Å². The smallest absolute Gasteiger partial charge is 0.231 e. The van der Waals surface area contributed by atoms with Crippen LogP contribution < -0.4 is 11.1 Å². The van der Waals surface area contributed by atoms with Crippen molar-refractivity contribution >= 4 is 34.2 Å². The summed E-state index contributed by atoms with van der Waals surface area (Å²) in [6, 6.07) is 7.89. The Morgan fingerprint density at radius 2 is 1.95 bits per heavy atom. The molecule has 1 aromatic rings. The molecule has 2 rings (SSSR count). The first-order valence-electron chi connectivity index (χ1n) is 6.93. The first-order chi connectivity index (χ1) is 9.16. The average Bonchev–Trinajstić information content (AvgIpc) is 2.65. The molecule has 1 aliphatic carbocycles. The number of amides is 1. The Kier molecular flexibility index (Phi) is 5.21. The largest absolute Gasteiger partial charge is 0.329 e. The van der Waals surface area contributed by atoms with E-state index in [0.717, 1.165) is 34.9 Å². The minimum absolute atomic E-state index is 0.0962. The summed E-state index contributed by atoms with van der Waals surface area (Å²) in [6.45, 7) is 0.447. The summed E-state index contributed by atoms with van der Waals surface area (Å²) in [6.07, 6.45) is 6.49. The van der Waals surface area contributed by atoms with Crippen molar-refractivity contribution in [1.29, 1.82) is 0 Å². The molecule has 0 radical (unpaired) electrons. The number of carbonyl (C=O) groups excluding carboxylic acids is 1. The number of anilines is 1. The van der Waals surface area contributed by atoms with Crippen molar-refractivity contribution in [3.8, 4) is 0 Å². The molecule has 0 bridgehead atoms. The fourth-order valence-corrected chi connectivity index (χ4v) is 3.30. The Labute approximate surface area is 128 Å². The molecule has 3 nitrogen and oxygen atoms in total. The van der Waals surface area contributed by atoms with Crippen LogP contribution in [0.15, 0.2) is 24.3 Å². The van der Waals surface area contributed by atoms with Crippen molar-refractivity contribution in [1.82, 2.24) is 0 Å². The van der Waals surface area contributed by atoms with E-state index in [2.05, 4.69) is 27.9 Å². The van der Waals surface area contributed by atoms with Crippen LogP contribution in [0.1, 0.15) is 38.5 Å². The van der Waals surface area contributed by atoms with Gasteiger partial charge in [-0.2, -0.15) is 0 Å². The number of halogens is 1. The van der Waals surface area contributed by atoms with Crippen molar-refractivity contribution in [2.45, 2.75) is 38.5 Å². The molecule has 0 atom stereocenters. The maximum absolute atomic E-state index is 12.6. The molecule has 0 unspecified atom stereocenters. The summed E-state index contributed by atoms with van der Waals surface area (Å²) in [5.74, 6) is 0.0962. The Morgan fingerprint density at radius 3 is 2.53 bits per heavy atom. The highest BCUT2D eigenvalue weighted by atomic mass is 127. The van der Waals surface area contributed by atoms with Crippen molar-refractivity contribution in [2.75, 3.05) is 11.9 Å². The molecule has 0 spiro atoms. The molecule has 104 valence electrons. The third-order valence-electron chi connectivity index (χ3n) is 4.02. The second-order valence-corrected chi connectivity index (χ2v) is 6.61. The Morgan fingerprint density at radius 1 is 1.26 bits per heavy atom. The summed E-state index contributed by atoms with van der Waals surface area (Å²) >= 11 is 2.25. The lowest BCUT2D eigenvalue weighted by Crippen LogP contribution is -2.42. The minimum Gasteiger partial charge on any atom is -0.329 e. The molecule has 0 heterocycles. The Bertz CT molecular complexity index is 440. The molecule has 1 saturated carbocycles. The summed E-state index contributed by atoms with van der Waals surface area (Å²) in [5, 5.41) is 3.05. The van der Waals surface area contributed by atoms with E-state index in [-0.39, 0.29) is 11.3 Å². The van der Waals surface area contributed by atoms with Gasteiger partial charge in [0.2, 0.25) is 5.91 Å². The molecule has 0 aliphatic heterocycles. The van der Waals surface area contributed by atoms with Gasteiger partial charge in [0.05, 0.1) is 5.41 Å². The second kappa shape index (κ2) is 6.70. The van der Waals surface area contributed by atoms with E-state index in [1.165, 1.54) is 12.8 Å². The van der Waals surface area contributed by atoms with Crippen LogP contribution in [0.25, 0.3) is 0 Å². The SMILES string of the molecule is NCC1(C(=O)Nc2cccc(I)c2)CCCCCC1. The van der Waals surface area contributed by atoms with Gasteiger partial charge in [-0.15, -0.1) is 0 Å². The lowest BCUT2D eigenvalue weighted by atomic mass is 9.79. The third kappa shape index (κ3) is 3.69. The normalized spacial score (nSPS) is 18.6. The zero-order valence-corrected chi connectivity index (χ0v) is 13.3. The lowest BCUT2D eigenvalue weighted by Gasteiger charge is -2.29. The van der Waals surface area contributed by atoms with E-state index >= 15 is 0 Å². The van der Waals surface area contributed by atoms with Gasteiger partial charge in [-0.25, -0.2) is 0 Å². The summed E-state index contributed by atoms with van der Waals surface area (Å²) in [5.41, 5.74) is 6.44. The number of benzene rings is 1. The van der Waals surface area contributed by atoms with Crippen molar-refractivity contribution in [3.63, 3.8) is 0 Å². The van der Waals surface area contributed by atoms with Crippen molar-refractivity contribution in [2.24, 2.45) is 11.1 Å². The zero-order valence-electron chi connectivity index (χ0n) is 11.1. The maximum atomic E-state index is 12.6. The molecular weight excluding hydrogens is 351 g/mol. The Hall–Kier alpha value is -0.620. The highest BCUT2D eigenvalue weighted by molar-refractivity contribution is 14.1. The van der Waals surface area contributed by atoms with Gasteiger partial charge in [-0.3, -0.25) is 4.79 Å². The topological polar surface area (TPSA) is 55.1 Å². The van der Waals surface area contributed by atoms with Gasteiger partial charge in [0.15, 0.2) is 0 Å². The van der Waals surface area contributed by atoms with Crippen LogP contribution in [0.2, 0.25) is 0 Å². The van der Waals surface area contributed by atoms with Gasteiger partial charge >= 0.3 is 0 Å². The highest BCUT2D eigenvalue weighted by Crippen LogP contribution is 2.35. The van der Waals surface area contributed by atoms with E-state index in [1.807, 2.05) is 24.3 Å². The fourth-order valence-electron chi connectivity index (χ4n) is 2.76. The van der Waals surface area contributed by atoms with Crippen LogP contribution in [0.4, 0.5) is 5.69 Å². The number of carbonyl (C=O) groups is 1. The number of nitrogens with one attached hydrogen (secondary N) is 1. The van der Waals surface area contributed by atoms with Crippen LogP contribution in [-0.2, 0) is 4.79 Å². The van der Waals surface area contributed by atoms with Gasteiger partial charge in [-0.1, -0.05) is 31.7 Å². The first-order valence-corrected chi connectivity index (χ1v) is 8.01. The van der Waals surface area contributed by atoms with Gasteiger partial charge < -0.3 is 11.1 Å². The molecule has 1 aliphatic rings. The first kappa shape index (κ1) is 14.8. The molecule has 0 saturated heterocycles. The van der Waals surface area contributed by atoms with Crippen molar-refractivity contribution in [3.05, 3.63) is 27.8 Å². The van der Waals surface area contributed by atoms with Gasteiger partial charge in [0, 0.05) is 15.8 Å². The minimum atomic E-state index is -0.363. The van der Waals surface area contributed by atoms with Gasteiger partial charge in [-0.05, 0) is 53.6 Å². The lowest BCUT2D eigenvalue weighted by molar-refractivity contribution is -0.125. The van der Waals surface area contributed by atoms with Crippen LogP contribution in [0.5, 0.6) is 0 Å². The zero-order chi connectivity index (χ0) is 13.7. The highest BCUT2D eigenvalue weighted by Gasteiger charge is 2.37. The number of hydrogen-bond donors (Lipinski definition) is 2. The molecule has 19 heavy (non-hydrogen) atoms. The molecular formula is C15H21IN2O. The quantitative estimate of drug-likeness (QED) is 0.630. The number of rotatable bonds is 3.